The Morgan fingerprint density at radius 1 is 1.21 bits per heavy atom. The maximum Gasteiger partial charge on any atom is 0.248 e. The molecule has 0 aliphatic carbocycles. The van der Waals surface area contributed by atoms with Gasteiger partial charge < -0.3 is 15.6 Å². The van der Waals surface area contributed by atoms with E-state index in [1.54, 1.807) is 24.3 Å². The van der Waals surface area contributed by atoms with Crippen molar-refractivity contribution in [3.8, 4) is 0 Å². The number of nitrogens with one attached hydrogen (secondary N) is 1. The Bertz CT molecular complexity index is 1010. The third-order valence-corrected chi connectivity index (χ3v) is 5.22. The van der Waals surface area contributed by atoms with Crippen LogP contribution in [0.1, 0.15) is 24.2 Å². The maximum atomic E-state index is 12.3. The Morgan fingerprint density at radius 2 is 1.93 bits per heavy atom. The van der Waals surface area contributed by atoms with E-state index >= 15 is 0 Å². The highest BCUT2D eigenvalue weighted by Gasteiger charge is 2.14. The number of hydrogen-bond acceptors (Lipinski definition) is 4. The van der Waals surface area contributed by atoms with Crippen LogP contribution in [0.2, 0.25) is 5.02 Å². The van der Waals surface area contributed by atoms with Crippen LogP contribution in [0.4, 0.5) is 5.69 Å². The number of halogens is 1. The molecule has 0 fully saturated rings. The number of rotatable bonds is 7. The van der Waals surface area contributed by atoms with Gasteiger partial charge in [0.05, 0.1) is 16.8 Å². The van der Waals surface area contributed by atoms with Crippen molar-refractivity contribution >= 4 is 51.9 Å². The number of nitrogens with two attached hydrogens (primary N) is 1. The number of primary amides is 1. The molecule has 2 aromatic carbocycles. The zero-order chi connectivity index (χ0) is 20.3. The Hall–Kier alpha value is -2.51. The molecule has 0 atom stereocenters. The molecule has 8 heteroatoms. The number of hydrogen-bond donors (Lipinski definition) is 2. The number of anilines is 1. The number of benzene rings is 2. The summed E-state index contributed by atoms with van der Waals surface area (Å²) in [5.74, 6) is -0.00664. The number of amides is 2. The fourth-order valence-electron chi connectivity index (χ4n) is 2.78. The quantitative estimate of drug-likeness (QED) is 0.565. The molecule has 2 amide bonds. The van der Waals surface area contributed by atoms with Crippen molar-refractivity contribution in [3.63, 3.8) is 0 Å². The van der Waals surface area contributed by atoms with Crippen molar-refractivity contribution in [3.05, 3.63) is 53.1 Å². The van der Waals surface area contributed by atoms with Gasteiger partial charge in [-0.15, -0.1) is 0 Å². The molecule has 0 aliphatic heterocycles. The molecule has 0 saturated carbocycles. The standard InChI is InChI=1S/C20H21ClN4O2S/c1-12(2)10-25-17-8-5-14(21)9-16(17)24-20(25)28-11-18(26)23-15-6-3-13(4-7-15)19(22)27/h3-9,12H,10-11H2,1-2H3,(H2,22,27)(H,23,26). The van der Waals surface area contributed by atoms with Crippen molar-refractivity contribution in [2.45, 2.75) is 25.5 Å². The van der Waals surface area contributed by atoms with Gasteiger partial charge in [0, 0.05) is 22.8 Å². The van der Waals surface area contributed by atoms with Gasteiger partial charge >= 0.3 is 0 Å². The van der Waals surface area contributed by atoms with Gasteiger partial charge in [-0.3, -0.25) is 9.59 Å². The van der Waals surface area contributed by atoms with E-state index in [1.807, 2.05) is 18.2 Å². The van der Waals surface area contributed by atoms with Crippen molar-refractivity contribution < 1.29 is 9.59 Å². The first kappa shape index (κ1) is 20.2. The van der Waals surface area contributed by atoms with Crippen molar-refractivity contribution in [1.29, 1.82) is 0 Å². The van der Waals surface area contributed by atoms with Crippen LogP contribution in [0.3, 0.4) is 0 Å². The van der Waals surface area contributed by atoms with Crippen LogP contribution in [0.5, 0.6) is 0 Å². The number of nitrogens with zero attached hydrogens (tertiary/aromatic N) is 2. The lowest BCUT2D eigenvalue weighted by Gasteiger charge is -2.11. The fourth-order valence-corrected chi connectivity index (χ4v) is 3.77. The zero-order valence-electron chi connectivity index (χ0n) is 15.6. The lowest BCUT2D eigenvalue weighted by molar-refractivity contribution is -0.113. The Morgan fingerprint density at radius 3 is 2.57 bits per heavy atom. The molecule has 0 spiro atoms. The van der Waals surface area contributed by atoms with E-state index in [2.05, 4.69) is 28.7 Å². The molecule has 0 aliphatic rings. The van der Waals surface area contributed by atoms with Gasteiger partial charge in [-0.2, -0.15) is 0 Å². The van der Waals surface area contributed by atoms with Crippen LogP contribution in [-0.2, 0) is 11.3 Å². The zero-order valence-corrected chi connectivity index (χ0v) is 17.2. The first-order valence-electron chi connectivity index (χ1n) is 8.82. The molecule has 1 heterocycles. The van der Waals surface area contributed by atoms with E-state index < -0.39 is 5.91 Å². The van der Waals surface area contributed by atoms with Crippen molar-refractivity contribution in [2.75, 3.05) is 11.1 Å². The fraction of sp³-hybridized carbons (Fsp3) is 0.250. The third kappa shape index (κ3) is 4.85. The predicted molar refractivity (Wildman–Crippen MR) is 114 cm³/mol. The van der Waals surface area contributed by atoms with E-state index in [0.717, 1.165) is 22.7 Å². The minimum atomic E-state index is -0.502. The molecular weight excluding hydrogens is 396 g/mol. The molecule has 3 N–H and O–H groups in total. The summed E-state index contributed by atoms with van der Waals surface area (Å²) < 4.78 is 2.12. The highest BCUT2D eigenvalue weighted by Crippen LogP contribution is 2.27. The first-order valence-corrected chi connectivity index (χ1v) is 10.2. The van der Waals surface area contributed by atoms with Gasteiger partial charge in [0.15, 0.2) is 5.16 Å². The molecule has 0 bridgehead atoms. The van der Waals surface area contributed by atoms with E-state index in [-0.39, 0.29) is 11.7 Å². The largest absolute Gasteiger partial charge is 0.366 e. The van der Waals surface area contributed by atoms with Gasteiger partial charge in [-0.05, 0) is 48.4 Å². The molecule has 0 saturated heterocycles. The van der Waals surface area contributed by atoms with Crippen LogP contribution in [0, 0.1) is 5.92 Å². The second kappa shape index (κ2) is 8.67. The van der Waals surface area contributed by atoms with E-state index in [4.69, 9.17) is 17.3 Å². The molecule has 3 aromatic rings. The number of carbonyl (C=O) groups excluding carboxylic acids is 2. The third-order valence-electron chi connectivity index (χ3n) is 4.01. The predicted octanol–water partition coefficient (Wildman–Crippen LogP) is 4.18. The van der Waals surface area contributed by atoms with Gasteiger partial charge in [0.25, 0.3) is 0 Å². The second-order valence-corrected chi connectivity index (χ2v) is 8.19. The maximum absolute atomic E-state index is 12.3. The van der Waals surface area contributed by atoms with Crippen LogP contribution < -0.4 is 11.1 Å². The smallest absolute Gasteiger partial charge is 0.248 e. The first-order chi connectivity index (χ1) is 13.3. The molecule has 0 unspecified atom stereocenters. The van der Waals surface area contributed by atoms with Crippen LogP contribution in [0.15, 0.2) is 47.6 Å². The topological polar surface area (TPSA) is 90.0 Å². The molecular formula is C20H21ClN4O2S. The number of thioether (sulfide) groups is 1. The number of aromatic nitrogens is 2. The monoisotopic (exact) mass is 416 g/mol. The molecule has 3 rings (SSSR count). The summed E-state index contributed by atoms with van der Waals surface area (Å²) in [6.45, 7) is 5.08. The number of carbonyl (C=O) groups is 2. The van der Waals surface area contributed by atoms with Crippen LogP contribution in [-0.4, -0.2) is 27.1 Å². The van der Waals surface area contributed by atoms with E-state index in [0.29, 0.717) is 22.2 Å². The minimum absolute atomic E-state index is 0.155. The summed E-state index contributed by atoms with van der Waals surface area (Å²) in [5, 5.41) is 4.23. The Balaban J connectivity index is 1.71. The van der Waals surface area contributed by atoms with Gasteiger partial charge in [0.2, 0.25) is 11.8 Å². The summed E-state index contributed by atoms with van der Waals surface area (Å²) >= 11 is 7.46. The van der Waals surface area contributed by atoms with Gasteiger partial charge in [0.1, 0.15) is 0 Å². The Labute approximate surface area is 172 Å². The normalized spacial score (nSPS) is 11.1. The molecule has 28 heavy (non-hydrogen) atoms. The average Bonchev–Trinajstić information content (AvgIpc) is 2.96. The number of imidazole rings is 1. The highest BCUT2D eigenvalue weighted by molar-refractivity contribution is 7.99. The summed E-state index contributed by atoms with van der Waals surface area (Å²) in [6, 6.07) is 12.1. The van der Waals surface area contributed by atoms with Crippen LogP contribution >= 0.6 is 23.4 Å². The molecule has 0 radical (unpaired) electrons. The van der Waals surface area contributed by atoms with Gasteiger partial charge in [-0.25, -0.2) is 4.98 Å². The SMILES string of the molecule is CC(C)Cn1c(SCC(=O)Nc2ccc(C(N)=O)cc2)nc2cc(Cl)ccc21. The van der Waals surface area contributed by atoms with E-state index in [1.165, 1.54) is 11.8 Å². The van der Waals surface area contributed by atoms with Crippen molar-refractivity contribution in [1.82, 2.24) is 9.55 Å². The average molecular weight is 417 g/mol. The summed E-state index contributed by atoms with van der Waals surface area (Å²) in [5.41, 5.74) is 8.05. The molecule has 146 valence electrons. The lowest BCUT2D eigenvalue weighted by Crippen LogP contribution is -2.15. The Kier molecular flexibility index (Phi) is 6.26. The molecule has 6 nitrogen and oxygen atoms in total. The van der Waals surface area contributed by atoms with Crippen LogP contribution in [0.25, 0.3) is 11.0 Å². The van der Waals surface area contributed by atoms with Crippen molar-refractivity contribution in [2.24, 2.45) is 11.7 Å². The van der Waals surface area contributed by atoms with Gasteiger partial charge in [-0.1, -0.05) is 37.2 Å². The second-order valence-electron chi connectivity index (χ2n) is 6.81. The molecule has 1 aromatic heterocycles. The summed E-state index contributed by atoms with van der Waals surface area (Å²) in [7, 11) is 0. The summed E-state index contributed by atoms with van der Waals surface area (Å²) in [4.78, 5) is 28.1. The lowest BCUT2D eigenvalue weighted by atomic mass is 10.2. The van der Waals surface area contributed by atoms with E-state index in [9.17, 15) is 9.59 Å². The highest BCUT2D eigenvalue weighted by atomic mass is 35.5. The summed E-state index contributed by atoms with van der Waals surface area (Å²) in [6.07, 6.45) is 0. The minimum Gasteiger partial charge on any atom is -0.366 e. The number of fused-ring (bicyclic) bond motifs is 1.